The molecular weight excluding hydrogens is 426 g/mol. The van der Waals surface area contributed by atoms with Gasteiger partial charge in [0.15, 0.2) is 0 Å². The number of hydrogen-bond donors (Lipinski definition) is 1. The summed E-state index contributed by atoms with van der Waals surface area (Å²) < 4.78 is 40.3. The van der Waals surface area contributed by atoms with Gasteiger partial charge in [0.05, 0.1) is 32.7 Å². The van der Waals surface area contributed by atoms with Crippen molar-refractivity contribution in [1.82, 2.24) is 4.72 Å². The Labute approximate surface area is 182 Å². The number of hydrogen-bond acceptors (Lipinski definition) is 9. The monoisotopic (exact) mass is 455 g/mol. The number of benzene rings is 1. The number of rotatable bonds is 9. The summed E-state index contributed by atoms with van der Waals surface area (Å²) in [5.74, 6) is -1.32. The Balaban J connectivity index is 2.36. The summed E-state index contributed by atoms with van der Waals surface area (Å²) >= 11 is 0. The minimum absolute atomic E-state index is 0.0539. The Morgan fingerprint density at radius 3 is 2.45 bits per heavy atom. The molecule has 11 heteroatoms. The van der Waals surface area contributed by atoms with Crippen LogP contribution in [0.25, 0.3) is 0 Å². The summed E-state index contributed by atoms with van der Waals surface area (Å²) in [6.45, 7) is 5.32. The van der Waals surface area contributed by atoms with Crippen LogP contribution in [0.3, 0.4) is 0 Å². The van der Waals surface area contributed by atoms with Gasteiger partial charge in [0, 0.05) is 31.0 Å². The van der Waals surface area contributed by atoms with Crippen molar-refractivity contribution >= 4 is 33.3 Å². The Hall–Kier alpha value is -2.63. The van der Waals surface area contributed by atoms with Crippen LogP contribution in [0.4, 0.5) is 11.4 Å². The van der Waals surface area contributed by atoms with E-state index < -0.39 is 22.0 Å². The molecular formula is C20H29N3O7S. The van der Waals surface area contributed by atoms with Crippen molar-refractivity contribution in [2.45, 2.75) is 13.8 Å². The number of carbonyl (C=O) groups is 2. The first-order valence-corrected chi connectivity index (χ1v) is 11.6. The lowest BCUT2D eigenvalue weighted by atomic mass is 10.1. The van der Waals surface area contributed by atoms with Gasteiger partial charge in [-0.1, -0.05) is 0 Å². The SMILES string of the molecule is CCN(CCNS(C)(=O)=O)c1ccc(N2COCC(C(=O)OC)=C2C(=O)OC)c(C)c1. The first-order valence-electron chi connectivity index (χ1n) is 9.68. The maximum Gasteiger partial charge on any atom is 0.355 e. The standard InChI is InChI=1S/C20H29N3O7S/c1-6-22(10-9-21-31(5,26)27)15-7-8-17(14(2)11-15)23-13-30-12-16(19(24)28-3)18(23)20(25)29-4/h7-8,11,21H,6,9-10,12-13H2,1-5H3. The molecule has 1 aromatic carbocycles. The lowest BCUT2D eigenvalue weighted by Gasteiger charge is -2.33. The highest BCUT2D eigenvalue weighted by Gasteiger charge is 2.33. The van der Waals surface area contributed by atoms with Gasteiger partial charge in [0.1, 0.15) is 12.4 Å². The predicted molar refractivity (Wildman–Crippen MR) is 116 cm³/mol. The van der Waals surface area contributed by atoms with Crippen molar-refractivity contribution in [3.8, 4) is 0 Å². The second-order valence-electron chi connectivity index (χ2n) is 6.93. The van der Waals surface area contributed by atoms with Crippen molar-refractivity contribution in [2.24, 2.45) is 0 Å². The third-order valence-electron chi connectivity index (χ3n) is 4.80. The smallest absolute Gasteiger partial charge is 0.355 e. The van der Waals surface area contributed by atoms with Crippen LogP contribution in [0.1, 0.15) is 12.5 Å². The van der Waals surface area contributed by atoms with Crippen LogP contribution in [0.5, 0.6) is 0 Å². The zero-order chi connectivity index (χ0) is 23.2. The van der Waals surface area contributed by atoms with Crippen LogP contribution in [0.15, 0.2) is 29.5 Å². The molecule has 1 aliphatic rings. The normalized spacial score (nSPS) is 14.4. The Kier molecular flexibility index (Phi) is 8.43. The van der Waals surface area contributed by atoms with E-state index in [-0.39, 0.29) is 31.2 Å². The molecule has 10 nitrogen and oxygen atoms in total. The molecule has 0 saturated heterocycles. The van der Waals surface area contributed by atoms with Crippen molar-refractivity contribution < 1.29 is 32.2 Å². The number of aryl methyl sites for hydroxylation is 1. The molecule has 172 valence electrons. The lowest BCUT2D eigenvalue weighted by Crippen LogP contribution is -2.39. The summed E-state index contributed by atoms with van der Waals surface area (Å²) in [5.41, 5.74) is 2.58. The van der Waals surface area contributed by atoms with Crippen LogP contribution >= 0.6 is 0 Å². The highest BCUT2D eigenvalue weighted by atomic mass is 32.2. The quantitative estimate of drug-likeness (QED) is 0.539. The maximum atomic E-state index is 12.5. The van der Waals surface area contributed by atoms with E-state index in [4.69, 9.17) is 14.2 Å². The first-order chi connectivity index (χ1) is 14.6. The second-order valence-corrected chi connectivity index (χ2v) is 8.77. The highest BCUT2D eigenvalue weighted by Crippen LogP contribution is 2.31. The summed E-state index contributed by atoms with van der Waals surface area (Å²) in [4.78, 5) is 28.2. The van der Waals surface area contributed by atoms with E-state index in [1.165, 1.54) is 14.2 Å². The van der Waals surface area contributed by atoms with Crippen LogP contribution in [-0.4, -0.2) is 73.8 Å². The minimum Gasteiger partial charge on any atom is -0.466 e. The molecule has 1 heterocycles. The number of anilines is 2. The number of nitrogens with zero attached hydrogens (tertiary/aromatic N) is 2. The van der Waals surface area contributed by atoms with E-state index in [9.17, 15) is 18.0 Å². The number of methoxy groups -OCH3 is 2. The van der Waals surface area contributed by atoms with Crippen LogP contribution < -0.4 is 14.5 Å². The van der Waals surface area contributed by atoms with Crippen molar-refractivity contribution in [3.05, 3.63) is 35.0 Å². The van der Waals surface area contributed by atoms with Gasteiger partial charge >= 0.3 is 11.9 Å². The van der Waals surface area contributed by atoms with E-state index >= 15 is 0 Å². The molecule has 31 heavy (non-hydrogen) atoms. The molecule has 0 amide bonds. The van der Waals surface area contributed by atoms with Crippen LogP contribution in [0, 0.1) is 6.92 Å². The molecule has 0 unspecified atom stereocenters. The van der Waals surface area contributed by atoms with E-state index in [1.807, 2.05) is 36.9 Å². The van der Waals surface area contributed by atoms with Gasteiger partial charge in [0.25, 0.3) is 0 Å². The van der Waals surface area contributed by atoms with Crippen LogP contribution in [0.2, 0.25) is 0 Å². The summed E-state index contributed by atoms with van der Waals surface area (Å²) in [6.07, 6.45) is 1.12. The molecule has 0 saturated carbocycles. The van der Waals surface area contributed by atoms with Gasteiger partial charge in [-0.2, -0.15) is 0 Å². The van der Waals surface area contributed by atoms with Crippen molar-refractivity contribution in [1.29, 1.82) is 0 Å². The predicted octanol–water partition coefficient (Wildman–Crippen LogP) is 0.765. The number of ether oxygens (including phenoxy) is 3. The molecule has 0 bridgehead atoms. The fourth-order valence-corrected chi connectivity index (χ4v) is 3.77. The number of nitrogens with one attached hydrogen (secondary N) is 1. The average Bonchev–Trinajstić information content (AvgIpc) is 2.74. The number of esters is 2. The third kappa shape index (κ3) is 6.18. The molecule has 1 aliphatic heterocycles. The largest absolute Gasteiger partial charge is 0.466 e. The zero-order valence-corrected chi connectivity index (χ0v) is 19.2. The molecule has 0 atom stereocenters. The van der Waals surface area contributed by atoms with Gasteiger partial charge < -0.3 is 24.0 Å². The molecule has 0 spiro atoms. The minimum atomic E-state index is -3.25. The Bertz CT molecular complexity index is 960. The fourth-order valence-electron chi connectivity index (χ4n) is 3.31. The summed E-state index contributed by atoms with van der Waals surface area (Å²) in [7, 11) is -0.770. The maximum absolute atomic E-state index is 12.5. The number of likely N-dealkylation sites (N-methyl/N-ethyl adjacent to an activating group) is 1. The van der Waals surface area contributed by atoms with Crippen LogP contribution in [-0.2, 0) is 33.8 Å². The Morgan fingerprint density at radius 2 is 1.90 bits per heavy atom. The zero-order valence-electron chi connectivity index (χ0n) is 18.4. The first kappa shape index (κ1) is 24.6. The van der Waals surface area contributed by atoms with E-state index in [0.29, 0.717) is 18.8 Å². The molecule has 0 radical (unpaired) electrons. The molecule has 0 aromatic heterocycles. The van der Waals surface area contributed by atoms with Gasteiger partial charge in [-0.3, -0.25) is 0 Å². The lowest BCUT2D eigenvalue weighted by molar-refractivity contribution is -0.140. The topological polar surface area (TPSA) is 114 Å². The van der Waals surface area contributed by atoms with Gasteiger partial charge in [-0.25, -0.2) is 22.7 Å². The van der Waals surface area contributed by atoms with Gasteiger partial charge in [0.2, 0.25) is 10.0 Å². The van der Waals surface area contributed by atoms with E-state index in [1.54, 1.807) is 4.90 Å². The molecule has 0 fully saturated rings. The Morgan fingerprint density at radius 1 is 1.23 bits per heavy atom. The number of carbonyl (C=O) groups excluding carboxylic acids is 2. The second kappa shape index (κ2) is 10.6. The summed E-state index contributed by atoms with van der Waals surface area (Å²) in [5, 5.41) is 0. The van der Waals surface area contributed by atoms with Gasteiger partial charge in [-0.15, -0.1) is 0 Å². The summed E-state index contributed by atoms with van der Waals surface area (Å²) in [6, 6.07) is 5.62. The third-order valence-corrected chi connectivity index (χ3v) is 5.53. The molecule has 0 aliphatic carbocycles. The fraction of sp³-hybridized carbons (Fsp3) is 0.500. The molecule has 1 N–H and O–H groups in total. The highest BCUT2D eigenvalue weighted by molar-refractivity contribution is 7.88. The van der Waals surface area contributed by atoms with Crippen molar-refractivity contribution in [2.75, 3.05) is 63.2 Å². The van der Waals surface area contributed by atoms with E-state index in [0.717, 1.165) is 17.5 Å². The van der Waals surface area contributed by atoms with Gasteiger partial charge in [-0.05, 0) is 37.6 Å². The number of sulfonamides is 1. The molecule has 1 aromatic rings. The molecule has 2 rings (SSSR count). The average molecular weight is 456 g/mol. The van der Waals surface area contributed by atoms with Crippen molar-refractivity contribution in [3.63, 3.8) is 0 Å². The van der Waals surface area contributed by atoms with E-state index in [2.05, 4.69) is 4.72 Å².